The summed E-state index contributed by atoms with van der Waals surface area (Å²) in [6.45, 7) is 3.59. The number of aromatic nitrogens is 2. The summed E-state index contributed by atoms with van der Waals surface area (Å²) in [6, 6.07) is 3.97. The van der Waals surface area contributed by atoms with E-state index in [2.05, 4.69) is 10.3 Å². The minimum Gasteiger partial charge on any atom is -0.322 e. The quantitative estimate of drug-likeness (QED) is 0.752. The number of nitrogens with one attached hydrogen (secondary N) is 1. The molecule has 25 heavy (non-hydrogen) atoms. The van der Waals surface area contributed by atoms with Gasteiger partial charge in [-0.2, -0.15) is 13.2 Å². The van der Waals surface area contributed by atoms with Crippen LogP contribution < -0.4 is 10.9 Å². The monoisotopic (exact) mass is 367 g/mol. The van der Waals surface area contributed by atoms with Crippen LogP contribution in [0.25, 0.3) is 4.96 Å². The van der Waals surface area contributed by atoms with Gasteiger partial charge in [-0.3, -0.25) is 14.0 Å². The maximum Gasteiger partial charge on any atom is 0.416 e. The number of aryl methyl sites for hydroxylation is 2. The lowest BCUT2D eigenvalue weighted by atomic mass is 10.2. The molecule has 0 aliphatic rings. The predicted octanol–water partition coefficient (Wildman–Crippen LogP) is 3.64. The first kappa shape index (κ1) is 17.2. The number of amides is 1. The Bertz CT molecular complexity index is 1020. The second-order valence-electron chi connectivity index (χ2n) is 5.37. The Morgan fingerprint density at radius 2 is 1.84 bits per heavy atom. The van der Waals surface area contributed by atoms with E-state index in [-0.39, 0.29) is 11.3 Å². The van der Waals surface area contributed by atoms with E-state index in [1.165, 1.54) is 21.9 Å². The molecule has 0 radical (unpaired) electrons. The van der Waals surface area contributed by atoms with Crippen LogP contribution in [0.4, 0.5) is 18.9 Å². The Balaban J connectivity index is 1.91. The van der Waals surface area contributed by atoms with Gasteiger partial charge in [0.1, 0.15) is 5.56 Å². The number of anilines is 1. The van der Waals surface area contributed by atoms with E-state index in [0.29, 0.717) is 10.7 Å². The van der Waals surface area contributed by atoms with Gasteiger partial charge in [0, 0.05) is 22.5 Å². The number of nitrogens with zero attached hydrogens (tertiary/aromatic N) is 2. The second kappa shape index (κ2) is 5.99. The molecule has 0 unspecified atom stereocenters. The number of rotatable bonds is 2. The summed E-state index contributed by atoms with van der Waals surface area (Å²) in [5.41, 5.74) is -0.671. The van der Waals surface area contributed by atoms with Crippen LogP contribution in [0.5, 0.6) is 0 Å². The van der Waals surface area contributed by atoms with Gasteiger partial charge in [-0.15, -0.1) is 11.3 Å². The Hall–Kier alpha value is -2.68. The van der Waals surface area contributed by atoms with Gasteiger partial charge in [0.05, 0.1) is 5.56 Å². The molecule has 2 aromatic heterocycles. The average Bonchev–Trinajstić information content (AvgIpc) is 2.82. The molecule has 3 rings (SSSR count). The maximum atomic E-state index is 12.5. The zero-order valence-electron chi connectivity index (χ0n) is 13.1. The van der Waals surface area contributed by atoms with Crippen LogP contribution in [-0.4, -0.2) is 15.3 Å². The number of hydrogen-bond acceptors (Lipinski definition) is 4. The zero-order valence-corrected chi connectivity index (χ0v) is 14.0. The minimum atomic E-state index is -4.45. The van der Waals surface area contributed by atoms with E-state index in [0.717, 1.165) is 29.1 Å². The molecule has 9 heteroatoms. The second-order valence-corrected chi connectivity index (χ2v) is 6.55. The molecule has 1 amide bonds. The van der Waals surface area contributed by atoms with Gasteiger partial charge in [-0.1, -0.05) is 0 Å². The molecule has 3 aromatic rings. The van der Waals surface area contributed by atoms with Crippen LogP contribution in [0.2, 0.25) is 0 Å². The van der Waals surface area contributed by atoms with E-state index in [4.69, 9.17) is 0 Å². The Morgan fingerprint density at radius 1 is 1.20 bits per heavy atom. The number of carbonyl (C=O) groups is 1. The first-order chi connectivity index (χ1) is 11.7. The number of thiazole rings is 1. The van der Waals surface area contributed by atoms with Crippen LogP contribution in [0, 0.1) is 13.8 Å². The fourth-order valence-electron chi connectivity index (χ4n) is 2.27. The van der Waals surface area contributed by atoms with E-state index in [9.17, 15) is 22.8 Å². The van der Waals surface area contributed by atoms with Crippen molar-refractivity contribution in [2.75, 3.05) is 5.32 Å². The summed E-state index contributed by atoms with van der Waals surface area (Å²) >= 11 is 1.33. The van der Waals surface area contributed by atoms with Crippen molar-refractivity contribution >= 4 is 27.9 Å². The molecule has 0 aliphatic carbocycles. The first-order valence-corrected chi connectivity index (χ1v) is 7.96. The van der Waals surface area contributed by atoms with Gasteiger partial charge in [0.25, 0.3) is 11.5 Å². The summed E-state index contributed by atoms with van der Waals surface area (Å²) in [7, 11) is 0. The third-order valence-corrected chi connectivity index (χ3v) is 4.81. The fourth-order valence-corrected chi connectivity index (χ4v) is 3.20. The Morgan fingerprint density at radius 3 is 2.44 bits per heavy atom. The van der Waals surface area contributed by atoms with Crippen LogP contribution in [0.15, 0.2) is 35.3 Å². The molecule has 0 spiro atoms. The Labute approximate surface area is 143 Å². The SMILES string of the molecule is Cc1sc2ncc(C(=O)Nc3ccc(C(F)(F)F)cc3)c(=O)n2c1C. The normalized spacial score (nSPS) is 11.7. The highest BCUT2D eigenvalue weighted by atomic mass is 32.1. The standard InChI is InChI=1S/C16H12F3N3O2S/c1-8-9(2)25-15-20-7-12(14(24)22(8)15)13(23)21-11-5-3-10(4-6-11)16(17,18)19/h3-7H,1-2H3,(H,21,23). The van der Waals surface area contributed by atoms with Crippen molar-refractivity contribution in [2.45, 2.75) is 20.0 Å². The number of alkyl halides is 3. The van der Waals surface area contributed by atoms with Gasteiger partial charge in [-0.05, 0) is 38.1 Å². The van der Waals surface area contributed by atoms with Crippen molar-refractivity contribution in [3.8, 4) is 0 Å². The smallest absolute Gasteiger partial charge is 0.322 e. The average molecular weight is 367 g/mol. The van der Waals surface area contributed by atoms with Crippen molar-refractivity contribution in [1.29, 1.82) is 0 Å². The van der Waals surface area contributed by atoms with E-state index < -0.39 is 23.2 Å². The molecule has 0 atom stereocenters. The van der Waals surface area contributed by atoms with Crippen LogP contribution in [-0.2, 0) is 6.18 Å². The summed E-state index contributed by atoms with van der Waals surface area (Å²) in [4.78, 5) is 30.3. The molecule has 0 saturated heterocycles. The van der Waals surface area contributed by atoms with Crippen LogP contribution in [0.1, 0.15) is 26.5 Å². The highest BCUT2D eigenvalue weighted by molar-refractivity contribution is 7.17. The van der Waals surface area contributed by atoms with E-state index in [1.807, 2.05) is 6.92 Å². The highest BCUT2D eigenvalue weighted by Crippen LogP contribution is 2.29. The summed E-state index contributed by atoms with van der Waals surface area (Å²) in [6.07, 6.45) is -3.28. The highest BCUT2D eigenvalue weighted by Gasteiger charge is 2.30. The molecule has 0 aliphatic heterocycles. The molecule has 5 nitrogen and oxygen atoms in total. The van der Waals surface area contributed by atoms with Crippen molar-refractivity contribution in [2.24, 2.45) is 0 Å². The molecule has 0 saturated carbocycles. The van der Waals surface area contributed by atoms with Gasteiger partial charge in [-0.25, -0.2) is 4.98 Å². The van der Waals surface area contributed by atoms with Gasteiger partial charge in [0.2, 0.25) is 0 Å². The van der Waals surface area contributed by atoms with Crippen molar-refractivity contribution < 1.29 is 18.0 Å². The molecule has 1 aromatic carbocycles. The van der Waals surface area contributed by atoms with Gasteiger partial charge < -0.3 is 5.32 Å². The predicted molar refractivity (Wildman–Crippen MR) is 88.2 cm³/mol. The van der Waals surface area contributed by atoms with E-state index >= 15 is 0 Å². The Kier molecular flexibility index (Phi) is 4.11. The molecule has 0 fully saturated rings. The molecule has 2 heterocycles. The topological polar surface area (TPSA) is 63.5 Å². The first-order valence-electron chi connectivity index (χ1n) is 7.15. The lowest BCUT2D eigenvalue weighted by molar-refractivity contribution is -0.137. The number of benzene rings is 1. The molecule has 130 valence electrons. The molecular weight excluding hydrogens is 355 g/mol. The van der Waals surface area contributed by atoms with Gasteiger partial charge in [0.15, 0.2) is 4.96 Å². The van der Waals surface area contributed by atoms with Crippen LogP contribution in [0.3, 0.4) is 0 Å². The number of hydrogen-bond donors (Lipinski definition) is 1. The number of fused-ring (bicyclic) bond motifs is 1. The lowest BCUT2D eigenvalue weighted by Crippen LogP contribution is -2.26. The summed E-state index contributed by atoms with van der Waals surface area (Å²) < 4.78 is 39.0. The third-order valence-electron chi connectivity index (χ3n) is 3.73. The summed E-state index contributed by atoms with van der Waals surface area (Å²) in [5, 5.41) is 2.41. The van der Waals surface area contributed by atoms with Crippen molar-refractivity contribution in [3.05, 3.63) is 62.5 Å². The molecule has 0 bridgehead atoms. The zero-order chi connectivity index (χ0) is 18.4. The third kappa shape index (κ3) is 3.14. The summed E-state index contributed by atoms with van der Waals surface area (Å²) in [5.74, 6) is -0.727. The van der Waals surface area contributed by atoms with E-state index in [1.54, 1.807) is 6.92 Å². The van der Waals surface area contributed by atoms with Crippen molar-refractivity contribution in [1.82, 2.24) is 9.38 Å². The lowest BCUT2D eigenvalue weighted by Gasteiger charge is -2.08. The number of carbonyl (C=O) groups excluding carboxylic acids is 1. The molecule has 1 N–H and O–H groups in total. The largest absolute Gasteiger partial charge is 0.416 e. The maximum absolute atomic E-state index is 12.5. The minimum absolute atomic E-state index is 0.153. The fraction of sp³-hybridized carbons (Fsp3) is 0.188. The van der Waals surface area contributed by atoms with Crippen LogP contribution >= 0.6 is 11.3 Å². The van der Waals surface area contributed by atoms with Gasteiger partial charge >= 0.3 is 6.18 Å². The molecular formula is C16H12F3N3O2S. The van der Waals surface area contributed by atoms with Crippen molar-refractivity contribution in [3.63, 3.8) is 0 Å². The number of halogens is 3.